The summed E-state index contributed by atoms with van der Waals surface area (Å²) in [6.45, 7) is 1.93. The summed E-state index contributed by atoms with van der Waals surface area (Å²) in [5.74, 6) is -1.15. The number of nitrogens with zero attached hydrogens (tertiary/aromatic N) is 1. The summed E-state index contributed by atoms with van der Waals surface area (Å²) in [6, 6.07) is 2.72. The number of carbonyl (C=O) groups is 2. The molecule has 0 bridgehead atoms. The standard InChI is InChI=1S/C9H10N2O4/c1-2-15-9(14)11-6-3-4-10-7(5-6)8(12)13/h3-5H,2H2,1H3,(H,12,13)(H,10,11,14). The Labute approximate surface area is 85.9 Å². The fourth-order valence-electron chi connectivity index (χ4n) is 0.910. The van der Waals surface area contributed by atoms with E-state index in [-0.39, 0.29) is 12.3 Å². The third kappa shape index (κ3) is 3.26. The van der Waals surface area contributed by atoms with Crippen molar-refractivity contribution in [2.75, 3.05) is 11.9 Å². The van der Waals surface area contributed by atoms with Crippen LogP contribution in [-0.4, -0.2) is 28.8 Å². The van der Waals surface area contributed by atoms with E-state index in [1.165, 1.54) is 18.3 Å². The van der Waals surface area contributed by atoms with Crippen molar-refractivity contribution in [3.8, 4) is 0 Å². The van der Waals surface area contributed by atoms with Crippen molar-refractivity contribution in [3.05, 3.63) is 24.0 Å². The molecule has 0 saturated heterocycles. The summed E-state index contributed by atoms with van der Waals surface area (Å²) in [5, 5.41) is 11.0. The summed E-state index contributed by atoms with van der Waals surface area (Å²) in [4.78, 5) is 25.2. The van der Waals surface area contributed by atoms with Gasteiger partial charge in [-0.1, -0.05) is 0 Å². The van der Waals surface area contributed by atoms with Gasteiger partial charge >= 0.3 is 12.1 Å². The Hall–Kier alpha value is -2.11. The Morgan fingerprint density at radius 2 is 2.33 bits per heavy atom. The summed E-state index contributed by atoms with van der Waals surface area (Å²) in [5.41, 5.74) is 0.199. The molecule has 0 unspecified atom stereocenters. The van der Waals surface area contributed by atoms with Crippen molar-refractivity contribution in [2.45, 2.75) is 6.92 Å². The van der Waals surface area contributed by atoms with Gasteiger partial charge in [0.15, 0.2) is 0 Å². The van der Waals surface area contributed by atoms with E-state index in [1.807, 2.05) is 0 Å². The topological polar surface area (TPSA) is 88.5 Å². The van der Waals surface area contributed by atoms with Gasteiger partial charge in [0.25, 0.3) is 0 Å². The molecule has 80 valence electrons. The van der Waals surface area contributed by atoms with Gasteiger partial charge < -0.3 is 9.84 Å². The molecule has 0 spiro atoms. The van der Waals surface area contributed by atoms with Gasteiger partial charge in [-0.15, -0.1) is 0 Å². The van der Waals surface area contributed by atoms with E-state index in [0.717, 1.165) is 0 Å². The molecule has 1 rings (SSSR count). The number of hydrogen-bond donors (Lipinski definition) is 2. The minimum atomic E-state index is -1.15. The van der Waals surface area contributed by atoms with E-state index in [9.17, 15) is 9.59 Å². The maximum Gasteiger partial charge on any atom is 0.411 e. The molecule has 1 amide bonds. The minimum absolute atomic E-state index is 0.135. The van der Waals surface area contributed by atoms with Gasteiger partial charge in [-0.2, -0.15) is 0 Å². The maximum absolute atomic E-state index is 11.0. The molecular weight excluding hydrogens is 200 g/mol. The number of aromatic carboxylic acids is 1. The summed E-state index contributed by atoms with van der Waals surface area (Å²) in [7, 11) is 0. The van der Waals surface area contributed by atoms with Gasteiger partial charge in [-0.25, -0.2) is 14.6 Å². The zero-order chi connectivity index (χ0) is 11.3. The summed E-state index contributed by atoms with van der Waals surface area (Å²) in [6.07, 6.45) is 0.672. The molecule has 0 radical (unpaired) electrons. The van der Waals surface area contributed by atoms with Crippen LogP contribution < -0.4 is 5.32 Å². The SMILES string of the molecule is CCOC(=O)Nc1ccnc(C(=O)O)c1. The molecule has 6 heteroatoms. The number of nitrogens with one attached hydrogen (secondary N) is 1. The van der Waals surface area contributed by atoms with Crippen LogP contribution in [0.5, 0.6) is 0 Å². The second-order valence-electron chi connectivity index (χ2n) is 2.58. The average Bonchev–Trinajstić information content (AvgIpc) is 2.18. The monoisotopic (exact) mass is 210 g/mol. The molecule has 0 aliphatic rings. The smallest absolute Gasteiger partial charge is 0.411 e. The second kappa shape index (κ2) is 4.94. The van der Waals surface area contributed by atoms with Crippen molar-refractivity contribution < 1.29 is 19.4 Å². The van der Waals surface area contributed by atoms with Crippen molar-refractivity contribution >= 4 is 17.7 Å². The molecule has 2 N–H and O–H groups in total. The van der Waals surface area contributed by atoms with Crippen molar-refractivity contribution in [3.63, 3.8) is 0 Å². The number of anilines is 1. The summed E-state index contributed by atoms with van der Waals surface area (Å²) < 4.78 is 4.63. The van der Waals surface area contributed by atoms with Crippen molar-refractivity contribution in [2.24, 2.45) is 0 Å². The Morgan fingerprint density at radius 3 is 2.93 bits per heavy atom. The van der Waals surface area contributed by atoms with Crippen LogP contribution in [0.4, 0.5) is 10.5 Å². The molecule has 15 heavy (non-hydrogen) atoms. The van der Waals surface area contributed by atoms with Crippen LogP contribution in [0.1, 0.15) is 17.4 Å². The first-order valence-electron chi connectivity index (χ1n) is 4.26. The lowest BCUT2D eigenvalue weighted by Crippen LogP contribution is -2.14. The molecule has 0 aromatic carbocycles. The van der Waals surface area contributed by atoms with Crippen LogP contribution in [0.25, 0.3) is 0 Å². The fraction of sp³-hybridized carbons (Fsp3) is 0.222. The van der Waals surface area contributed by atoms with Gasteiger partial charge in [0.05, 0.1) is 6.61 Å². The van der Waals surface area contributed by atoms with Crippen LogP contribution in [0.3, 0.4) is 0 Å². The Morgan fingerprint density at radius 1 is 1.60 bits per heavy atom. The zero-order valence-electron chi connectivity index (χ0n) is 8.06. The van der Waals surface area contributed by atoms with Gasteiger partial charge in [0, 0.05) is 11.9 Å². The van der Waals surface area contributed by atoms with Crippen LogP contribution in [-0.2, 0) is 4.74 Å². The first-order valence-corrected chi connectivity index (χ1v) is 4.26. The number of ether oxygens (including phenoxy) is 1. The number of carbonyl (C=O) groups excluding carboxylic acids is 1. The highest BCUT2D eigenvalue weighted by molar-refractivity contribution is 5.89. The van der Waals surface area contributed by atoms with Crippen LogP contribution in [0.15, 0.2) is 18.3 Å². The molecule has 0 atom stereocenters. The zero-order valence-corrected chi connectivity index (χ0v) is 8.06. The Balaban J connectivity index is 2.73. The highest BCUT2D eigenvalue weighted by Crippen LogP contribution is 2.08. The molecular formula is C9H10N2O4. The van der Waals surface area contributed by atoms with E-state index in [4.69, 9.17) is 5.11 Å². The van der Waals surface area contributed by atoms with E-state index in [2.05, 4.69) is 15.0 Å². The maximum atomic E-state index is 11.0. The highest BCUT2D eigenvalue weighted by atomic mass is 16.5. The molecule has 1 aromatic rings. The average molecular weight is 210 g/mol. The first kappa shape index (κ1) is 11.0. The lowest BCUT2D eigenvalue weighted by atomic mass is 10.3. The summed E-state index contributed by atoms with van der Waals surface area (Å²) >= 11 is 0. The van der Waals surface area contributed by atoms with Gasteiger partial charge in [0.1, 0.15) is 5.69 Å². The predicted octanol–water partition coefficient (Wildman–Crippen LogP) is 1.35. The normalized spacial score (nSPS) is 9.40. The number of aromatic nitrogens is 1. The first-order chi connectivity index (χ1) is 7.13. The fourth-order valence-corrected chi connectivity index (χ4v) is 0.910. The molecule has 1 aromatic heterocycles. The second-order valence-corrected chi connectivity index (χ2v) is 2.58. The molecule has 0 saturated carbocycles. The number of carboxylic acids is 1. The van der Waals surface area contributed by atoms with Crippen LogP contribution in [0.2, 0.25) is 0 Å². The van der Waals surface area contributed by atoms with Gasteiger partial charge in [-0.05, 0) is 19.1 Å². The molecule has 1 heterocycles. The lowest BCUT2D eigenvalue weighted by Gasteiger charge is -2.04. The lowest BCUT2D eigenvalue weighted by molar-refractivity contribution is 0.0690. The van der Waals surface area contributed by atoms with Gasteiger partial charge in [0.2, 0.25) is 0 Å². The predicted molar refractivity (Wildman–Crippen MR) is 51.8 cm³/mol. The quantitative estimate of drug-likeness (QED) is 0.786. The number of rotatable bonds is 3. The van der Waals surface area contributed by atoms with Crippen LogP contribution in [0, 0.1) is 0 Å². The third-order valence-corrected chi connectivity index (χ3v) is 1.50. The molecule has 0 fully saturated rings. The van der Waals surface area contributed by atoms with E-state index in [1.54, 1.807) is 6.92 Å². The molecule has 6 nitrogen and oxygen atoms in total. The van der Waals surface area contributed by atoms with Crippen molar-refractivity contribution in [1.82, 2.24) is 4.98 Å². The van der Waals surface area contributed by atoms with E-state index >= 15 is 0 Å². The molecule has 0 aliphatic carbocycles. The van der Waals surface area contributed by atoms with E-state index in [0.29, 0.717) is 5.69 Å². The number of hydrogen-bond acceptors (Lipinski definition) is 4. The number of pyridine rings is 1. The molecule has 0 aliphatic heterocycles. The Bertz CT molecular complexity index is 378. The Kier molecular flexibility index (Phi) is 3.61. The number of amides is 1. The van der Waals surface area contributed by atoms with Gasteiger partial charge in [-0.3, -0.25) is 5.32 Å². The number of carboxylic acid groups (broad SMARTS) is 1. The van der Waals surface area contributed by atoms with E-state index < -0.39 is 12.1 Å². The third-order valence-electron chi connectivity index (χ3n) is 1.50. The van der Waals surface area contributed by atoms with Crippen LogP contribution >= 0.6 is 0 Å². The van der Waals surface area contributed by atoms with Crippen molar-refractivity contribution in [1.29, 1.82) is 0 Å². The highest BCUT2D eigenvalue weighted by Gasteiger charge is 2.07. The largest absolute Gasteiger partial charge is 0.477 e. The minimum Gasteiger partial charge on any atom is -0.477 e.